The highest BCUT2D eigenvalue weighted by molar-refractivity contribution is 7.99. The lowest BCUT2D eigenvalue weighted by molar-refractivity contribution is -0.0621. The van der Waals surface area contributed by atoms with E-state index in [0.29, 0.717) is 12.5 Å². The van der Waals surface area contributed by atoms with Crippen LogP contribution in [0.1, 0.15) is 30.5 Å². The van der Waals surface area contributed by atoms with Gasteiger partial charge in [0, 0.05) is 12.2 Å². The summed E-state index contributed by atoms with van der Waals surface area (Å²) in [6.45, 7) is 10.8. The molecule has 0 bridgehead atoms. The highest BCUT2D eigenvalue weighted by Crippen LogP contribution is 2.47. The molecule has 1 atom stereocenters. The van der Waals surface area contributed by atoms with Crippen LogP contribution < -0.4 is 9.47 Å². The molecule has 100 valence electrons. The van der Waals surface area contributed by atoms with E-state index in [1.54, 1.807) is 11.8 Å². The van der Waals surface area contributed by atoms with Crippen LogP contribution in [0.15, 0.2) is 4.90 Å². The van der Waals surface area contributed by atoms with Crippen LogP contribution in [0, 0.1) is 20.8 Å². The van der Waals surface area contributed by atoms with Gasteiger partial charge in [-0.05, 0) is 45.7 Å². The van der Waals surface area contributed by atoms with E-state index in [1.807, 2.05) is 13.8 Å². The Hall–Kier alpha value is -0.870. The van der Waals surface area contributed by atoms with Crippen LogP contribution in [-0.4, -0.2) is 18.8 Å². The van der Waals surface area contributed by atoms with Crippen molar-refractivity contribution in [2.45, 2.75) is 45.8 Å². The van der Waals surface area contributed by atoms with Crippen molar-refractivity contribution in [2.24, 2.45) is 0 Å². The van der Waals surface area contributed by atoms with Gasteiger partial charge in [-0.1, -0.05) is 11.8 Å². The Bertz CT molecular complexity index is 457. The summed E-state index contributed by atoms with van der Waals surface area (Å²) in [7, 11) is 0. The number of fused-ring (bicyclic) bond motifs is 1. The van der Waals surface area contributed by atoms with E-state index in [0.717, 1.165) is 22.6 Å². The van der Waals surface area contributed by atoms with Gasteiger partial charge in [-0.3, -0.25) is 0 Å². The van der Waals surface area contributed by atoms with Gasteiger partial charge in [0.2, 0.25) is 0 Å². The first-order chi connectivity index (χ1) is 8.56. The summed E-state index contributed by atoms with van der Waals surface area (Å²) in [5.41, 5.74) is 3.46. The highest BCUT2D eigenvalue weighted by Gasteiger charge is 2.24. The molecule has 0 spiro atoms. The average Bonchev–Trinajstić information content (AvgIpc) is 2.81. The summed E-state index contributed by atoms with van der Waals surface area (Å²) < 4.78 is 17.1. The molecular formula is C14H20O3S. The lowest BCUT2D eigenvalue weighted by Gasteiger charge is -2.21. The first-order valence-electron chi connectivity index (χ1n) is 6.23. The third-order valence-corrected chi connectivity index (χ3v) is 4.24. The van der Waals surface area contributed by atoms with Gasteiger partial charge >= 0.3 is 0 Å². The average molecular weight is 268 g/mol. The van der Waals surface area contributed by atoms with Gasteiger partial charge in [0.1, 0.15) is 17.4 Å². The van der Waals surface area contributed by atoms with Gasteiger partial charge in [0.25, 0.3) is 0 Å². The van der Waals surface area contributed by atoms with Crippen molar-refractivity contribution in [3.05, 3.63) is 16.7 Å². The number of hydrogen-bond donors (Lipinski definition) is 0. The third-order valence-electron chi connectivity index (χ3n) is 3.22. The van der Waals surface area contributed by atoms with Crippen LogP contribution in [0.4, 0.5) is 0 Å². The number of benzene rings is 1. The van der Waals surface area contributed by atoms with Gasteiger partial charge in [-0.2, -0.15) is 0 Å². The summed E-state index contributed by atoms with van der Waals surface area (Å²) in [5, 5.41) is 0. The number of rotatable bonds is 4. The van der Waals surface area contributed by atoms with E-state index >= 15 is 0 Å². The van der Waals surface area contributed by atoms with E-state index in [4.69, 9.17) is 14.2 Å². The number of thioether (sulfide) groups is 1. The maximum absolute atomic E-state index is 5.93. The molecule has 3 nitrogen and oxygen atoms in total. The fourth-order valence-electron chi connectivity index (χ4n) is 2.17. The van der Waals surface area contributed by atoms with Crippen LogP contribution in [0.2, 0.25) is 0 Å². The van der Waals surface area contributed by atoms with Crippen LogP contribution >= 0.6 is 11.8 Å². The van der Waals surface area contributed by atoms with Gasteiger partial charge in [-0.15, -0.1) is 0 Å². The molecule has 0 fully saturated rings. The summed E-state index contributed by atoms with van der Waals surface area (Å²) in [4.78, 5) is 1.21. The highest BCUT2D eigenvalue weighted by atomic mass is 32.2. The van der Waals surface area contributed by atoms with E-state index in [9.17, 15) is 0 Å². The minimum atomic E-state index is -0.225. The normalized spacial score (nSPS) is 15.2. The van der Waals surface area contributed by atoms with Crippen molar-refractivity contribution in [2.75, 3.05) is 12.5 Å². The van der Waals surface area contributed by atoms with Crippen molar-refractivity contribution < 1.29 is 14.2 Å². The molecular weight excluding hydrogens is 248 g/mol. The van der Waals surface area contributed by atoms with Gasteiger partial charge in [0.05, 0.1) is 4.90 Å². The quantitative estimate of drug-likeness (QED) is 0.776. The van der Waals surface area contributed by atoms with Crippen LogP contribution in [0.25, 0.3) is 0 Å². The molecule has 0 aromatic heterocycles. The molecule has 1 aliphatic heterocycles. The van der Waals surface area contributed by atoms with Gasteiger partial charge in [-0.25, -0.2) is 0 Å². The van der Waals surface area contributed by atoms with E-state index in [1.165, 1.54) is 10.5 Å². The molecule has 18 heavy (non-hydrogen) atoms. The third kappa shape index (κ3) is 2.31. The first-order valence-corrected chi connectivity index (χ1v) is 7.22. The standard InChI is InChI=1S/C14H20O3S/c1-6-15-11(5)17-12-8(2)9(3)13-14(10(12)4)18-7-16-13/h11H,6-7H2,1-5H3. The molecule has 0 saturated heterocycles. The minimum absolute atomic E-state index is 0.225. The monoisotopic (exact) mass is 268 g/mol. The van der Waals surface area contributed by atoms with Crippen molar-refractivity contribution >= 4 is 11.8 Å². The SMILES string of the molecule is CCOC(C)Oc1c(C)c(C)c2c(c1C)SCO2. The molecule has 1 unspecified atom stereocenters. The first kappa shape index (κ1) is 13.6. The Morgan fingerprint density at radius 3 is 2.61 bits per heavy atom. The van der Waals surface area contributed by atoms with Crippen molar-refractivity contribution in [3.63, 3.8) is 0 Å². The summed E-state index contributed by atoms with van der Waals surface area (Å²) in [6.07, 6.45) is -0.225. The second-order valence-corrected chi connectivity index (χ2v) is 5.34. The number of hydrogen-bond acceptors (Lipinski definition) is 4. The predicted octanol–water partition coefficient (Wildman–Crippen LogP) is 3.82. The molecule has 1 aromatic rings. The van der Waals surface area contributed by atoms with E-state index < -0.39 is 0 Å². The van der Waals surface area contributed by atoms with E-state index in [-0.39, 0.29) is 6.29 Å². The zero-order valence-electron chi connectivity index (χ0n) is 11.6. The molecule has 0 N–H and O–H groups in total. The van der Waals surface area contributed by atoms with Crippen LogP contribution in [0.3, 0.4) is 0 Å². The topological polar surface area (TPSA) is 27.7 Å². The number of ether oxygens (including phenoxy) is 3. The zero-order chi connectivity index (χ0) is 13.3. The maximum atomic E-state index is 5.93. The minimum Gasteiger partial charge on any atom is -0.481 e. The lowest BCUT2D eigenvalue weighted by atomic mass is 10.0. The fraction of sp³-hybridized carbons (Fsp3) is 0.571. The molecule has 2 rings (SSSR count). The molecule has 1 aliphatic rings. The van der Waals surface area contributed by atoms with Gasteiger partial charge < -0.3 is 14.2 Å². The van der Waals surface area contributed by atoms with Crippen LogP contribution in [-0.2, 0) is 4.74 Å². The van der Waals surface area contributed by atoms with Gasteiger partial charge in [0.15, 0.2) is 6.29 Å². The fourth-order valence-corrected chi connectivity index (χ4v) is 3.12. The smallest absolute Gasteiger partial charge is 0.196 e. The Labute approximate surface area is 113 Å². The zero-order valence-corrected chi connectivity index (χ0v) is 12.4. The summed E-state index contributed by atoms with van der Waals surface area (Å²) >= 11 is 1.73. The predicted molar refractivity (Wildman–Crippen MR) is 73.7 cm³/mol. The Morgan fingerprint density at radius 2 is 1.94 bits per heavy atom. The molecule has 1 aromatic carbocycles. The molecule has 0 saturated carbocycles. The Kier molecular flexibility index (Phi) is 4.07. The second kappa shape index (κ2) is 5.41. The maximum Gasteiger partial charge on any atom is 0.196 e. The summed E-state index contributed by atoms with van der Waals surface area (Å²) in [6, 6.07) is 0. The summed E-state index contributed by atoms with van der Waals surface area (Å²) in [5.74, 6) is 2.65. The largest absolute Gasteiger partial charge is 0.481 e. The lowest BCUT2D eigenvalue weighted by Crippen LogP contribution is -2.17. The molecule has 0 amide bonds. The second-order valence-electron chi connectivity index (χ2n) is 4.41. The van der Waals surface area contributed by atoms with E-state index in [2.05, 4.69) is 20.8 Å². The molecule has 0 radical (unpaired) electrons. The molecule has 1 heterocycles. The van der Waals surface area contributed by atoms with Crippen molar-refractivity contribution in [1.29, 1.82) is 0 Å². The Morgan fingerprint density at radius 1 is 1.22 bits per heavy atom. The molecule has 4 heteroatoms. The molecule has 0 aliphatic carbocycles. The van der Waals surface area contributed by atoms with Crippen molar-refractivity contribution in [3.8, 4) is 11.5 Å². The Balaban J connectivity index is 2.39. The van der Waals surface area contributed by atoms with Crippen molar-refractivity contribution in [1.82, 2.24) is 0 Å². The van der Waals surface area contributed by atoms with Crippen LogP contribution in [0.5, 0.6) is 11.5 Å².